The molecule has 4 nitrogen and oxygen atoms in total. The molecule has 0 atom stereocenters. The Labute approximate surface area is 116 Å². The van der Waals surface area contributed by atoms with Crippen LogP contribution < -0.4 is 0 Å². The molecule has 6 heteroatoms. The maximum Gasteiger partial charge on any atom is 0.339 e. The van der Waals surface area contributed by atoms with E-state index in [1.165, 1.54) is 35.6 Å². The van der Waals surface area contributed by atoms with E-state index in [2.05, 4.69) is 4.98 Å². The second kappa shape index (κ2) is 4.57. The predicted molar refractivity (Wildman–Crippen MR) is 73.6 cm³/mol. The molecule has 0 unspecified atom stereocenters. The lowest BCUT2D eigenvalue weighted by Gasteiger charge is -1.97. The van der Waals surface area contributed by atoms with E-state index in [-0.39, 0.29) is 17.1 Å². The molecule has 100 valence electrons. The van der Waals surface area contributed by atoms with Gasteiger partial charge in [-0.3, -0.25) is 0 Å². The van der Waals surface area contributed by atoms with Gasteiger partial charge in [0, 0.05) is 11.6 Å². The molecule has 0 radical (unpaired) electrons. The van der Waals surface area contributed by atoms with Crippen molar-refractivity contribution in [2.24, 2.45) is 0 Å². The van der Waals surface area contributed by atoms with Gasteiger partial charge in [0.15, 0.2) is 0 Å². The summed E-state index contributed by atoms with van der Waals surface area (Å²) in [4.78, 5) is 15.3. The minimum Gasteiger partial charge on any atom is -0.507 e. The molecule has 1 heterocycles. The number of fused-ring (bicyclic) bond motifs is 1. The number of nitrogens with zero attached hydrogens (tertiary/aromatic N) is 1. The average Bonchev–Trinajstić information content (AvgIpc) is 2.81. The zero-order valence-corrected chi connectivity index (χ0v) is 10.8. The number of carboxylic acid groups (broad SMARTS) is 1. The van der Waals surface area contributed by atoms with Crippen molar-refractivity contribution in [3.05, 3.63) is 47.8 Å². The predicted octanol–water partition coefficient (Wildman–Crippen LogP) is 3.51. The first-order valence-corrected chi connectivity index (χ1v) is 6.49. The molecule has 0 spiro atoms. The third-order valence-corrected chi connectivity index (χ3v) is 3.89. The molecule has 0 amide bonds. The highest BCUT2D eigenvalue weighted by atomic mass is 32.1. The van der Waals surface area contributed by atoms with Crippen LogP contribution in [0.1, 0.15) is 10.4 Å². The van der Waals surface area contributed by atoms with Crippen molar-refractivity contribution in [1.29, 1.82) is 0 Å². The van der Waals surface area contributed by atoms with Gasteiger partial charge in [0.1, 0.15) is 22.1 Å². The van der Waals surface area contributed by atoms with E-state index < -0.39 is 5.97 Å². The summed E-state index contributed by atoms with van der Waals surface area (Å²) in [6.07, 6.45) is 0. The van der Waals surface area contributed by atoms with Crippen LogP contribution in [0.3, 0.4) is 0 Å². The lowest BCUT2D eigenvalue weighted by Crippen LogP contribution is -1.96. The van der Waals surface area contributed by atoms with E-state index in [9.17, 15) is 14.3 Å². The fourth-order valence-corrected chi connectivity index (χ4v) is 2.84. The van der Waals surface area contributed by atoms with Crippen LogP contribution in [0.25, 0.3) is 20.8 Å². The minimum absolute atomic E-state index is 0.187. The van der Waals surface area contributed by atoms with Crippen molar-refractivity contribution in [1.82, 2.24) is 4.98 Å². The molecule has 0 bridgehead atoms. The Bertz CT molecular complexity index is 811. The summed E-state index contributed by atoms with van der Waals surface area (Å²) in [7, 11) is 0. The lowest BCUT2D eigenvalue weighted by atomic mass is 10.2. The second-order valence-electron chi connectivity index (χ2n) is 4.17. The quantitative estimate of drug-likeness (QED) is 0.757. The largest absolute Gasteiger partial charge is 0.507 e. The summed E-state index contributed by atoms with van der Waals surface area (Å²) < 4.78 is 13.6. The first-order chi connectivity index (χ1) is 9.54. The fourth-order valence-electron chi connectivity index (χ4n) is 1.85. The Morgan fingerprint density at radius 2 is 1.90 bits per heavy atom. The van der Waals surface area contributed by atoms with E-state index >= 15 is 0 Å². The molecular weight excluding hydrogens is 281 g/mol. The number of halogens is 1. The van der Waals surface area contributed by atoms with Gasteiger partial charge in [-0.25, -0.2) is 14.2 Å². The molecule has 20 heavy (non-hydrogen) atoms. The van der Waals surface area contributed by atoms with Crippen LogP contribution in [0, 0.1) is 5.82 Å². The average molecular weight is 289 g/mol. The summed E-state index contributed by atoms with van der Waals surface area (Å²) in [6.45, 7) is 0. The molecule has 0 aliphatic carbocycles. The molecule has 2 aromatic carbocycles. The molecule has 1 aromatic heterocycles. The van der Waals surface area contributed by atoms with Gasteiger partial charge in [-0.1, -0.05) is 0 Å². The molecule has 0 saturated carbocycles. The number of hydrogen-bond donors (Lipinski definition) is 2. The highest BCUT2D eigenvalue weighted by molar-refractivity contribution is 7.21. The van der Waals surface area contributed by atoms with Crippen molar-refractivity contribution in [3.8, 4) is 16.3 Å². The van der Waals surface area contributed by atoms with Crippen molar-refractivity contribution in [3.63, 3.8) is 0 Å². The van der Waals surface area contributed by atoms with Crippen LogP contribution in [0.4, 0.5) is 4.39 Å². The normalized spacial score (nSPS) is 10.8. The van der Waals surface area contributed by atoms with E-state index in [0.717, 1.165) is 5.56 Å². The smallest absolute Gasteiger partial charge is 0.339 e. The second-order valence-corrected chi connectivity index (χ2v) is 5.20. The van der Waals surface area contributed by atoms with Gasteiger partial charge < -0.3 is 10.2 Å². The highest BCUT2D eigenvalue weighted by Gasteiger charge is 2.14. The lowest BCUT2D eigenvalue weighted by molar-refractivity contribution is 0.0694. The molecule has 3 rings (SSSR count). The molecular formula is C14H8FNO3S. The van der Waals surface area contributed by atoms with Gasteiger partial charge in [-0.05, 0) is 30.3 Å². The standard InChI is InChI=1S/C14H8FNO3S/c15-8-3-1-7(2-4-8)13-16-10-5-9(14(18)19)11(17)6-12(10)20-13/h1-6,17H,(H,18,19). The minimum atomic E-state index is -1.21. The van der Waals surface area contributed by atoms with E-state index in [4.69, 9.17) is 5.11 Å². The summed E-state index contributed by atoms with van der Waals surface area (Å²) in [5.74, 6) is -1.83. The van der Waals surface area contributed by atoms with Crippen LogP contribution in [0.2, 0.25) is 0 Å². The number of phenols is 1. The SMILES string of the molecule is O=C(O)c1cc2nc(-c3ccc(F)cc3)sc2cc1O. The molecule has 0 saturated heterocycles. The number of aromatic nitrogens is 1. The molecule has 0 aliphatic heterocycles. The number of aromatic carboxylic acids is 1. The van der Waals surface area contributed by atoms with Crippen LogP contribution in [0.15, 0.2) is 36.4 Å². The van der Waals surface area contributed by atoms with Crippen LogP contribution in [-0.4, -0.2) is 21.2 Å². The number of hydrogen-bond acceptors (Lipinski definition) is 4. The first-order valence-electron chi connectivity index (χ1n) is 5.67. The van der Waals surface area contributed by atoms with Gasteiger partial charge in [0.2, 0.25) is 0 Å². The van der Waals surface area contributed by atoms with Gasteiger partial charge in [-0.15, -0.1) is 11.3 Å². The van der Waals surface area contributed by atoms with Crippen LogP contribution >= 0.6 is 11.3 Å². The topological polar surface area (TPSA) is 70.4 Å². The number of benzene rings is 2. The highest BCUT2D eigenvalue weighted by Crippen LogP contribution is 2.33. The summed E-state index contributed by atoms with van der Waals surface area (Å²) >= 11 is 1.30. The summed E-state index contributed by atoms with van der Waals surface area (Å²) in [5, 5.41) is 19.2. The van der Waals surface area contributed by atoms with E-state index in [0.29, 0.717) is 15.2 Å². The fraction of sp³-hybridized carbons (Fsp3) is 0. The number of carboxylic acids is 1. The Morgan fingerprint density at radius 1 is 1.20 bits per heavy atom. The number of carbonyl (C=O) groups is 1. The third-order valence-electron chi connectivity index (χ3n) is 2.83. The van der Waals surface area contributed by atoms with E-state index in [1.54, 1.807) is 12.1 Å². The monoisotopic (exact) mass is 289 g/mol. The number of rotatable bonds is 2. The summed E-state index contributed by atoms with van der Waals surface area (Å²) in [5.41, 5.74) is 1.04. The number of thiazole rings is 1. The molecule has 0 fully saturated rings. The van der Waals surface area contributed by atoms with E-state index in [1.807, 2.05) is 0 Å². The maximum atomic E-state index is 12.9. The molecule has 3 aromatic rings. The Kier molecular flexibility index (Phi) is 2.87. The third kappa shape index (κ3) is 2.10. The van der Waals surface area contributed by atoms with Crippen LogP contribution in [-0.2, 0) is 0 Å². The number of aromatic hydroxyl groups is 1. The van der Waals surface area contributed by atoms with Crippen molar-refractivity contribution in [2.45, 2.75) is 0 Å². The maximum absolute atomic E-state index is 12.9. The Hall–Kier alpha value is -2.47. The molecule has 2 N–H and O–H groups in total. The Morgan fingerprint density at radius 3 is 2.55 bits per heavy atom. The van der Waals surface area contributed by atoms with Gasteiger partial charge in [-0.2, -0.15) is 0 Å². The van der Waals surface area contributed by atoms with Crippen molar-refractivity contribution in [2.75, 3.05) is 0 Å². The zero-order chi connectivity index (χ0) is 14.3. The van der Waals surface area contributed by atoms with Gasteiger partial charge in [0.25, 0.3) is 0 Å². The Balaban J connectivity index is 2.15. The van der Waals surface area contributed by atoms with Crippen molar-refractivity contribution < 1.29 is 19.4 Å². The van der Waals surface area contributed by atoms with Crippen molar-refractivity contribution >= 4 is 27.5 Å². The summed E-state index contributed by atoms with van der Waals surface area (Å²) in [6, 6.07) is 8.58. The van der Waals surface area contributed by atoms with Gasteiger partial charge in [0.05, 0.1) is 10.2 Å². The first kappa shape index (κ1) is 12.6. The zero-order valence-electron chi connectivity index (χ0n) is 10.0. The van der Waals surface area contributed by atoms with Gasteiger partial charge >= 0.3 is 5.97 Å². The van der Waals surface area contributed by atoms with Crippen LogP contribution in [0.5, 0.6) is 5.75 Å². The molecule has 0 aliphatic rings.